The Hall–Kier alpha value is -2.50. The molecule has 1 aliphatic heterocycles. The number of carbonyl (C=O) groups excluding carboxylic acids is 2. The summed E-state index contributed by atoms with van der Waals surface area (Å²) in [5.74, 6) is -0.991. The Bertz CT molecular complexity index is 604. The highest BCUT2D eigenvalue weighted by Crippen LogP contribution is 2.38. The summed E-state index contributed by atoms with van der Waals surface area (Å²) in [5.41, 5.74) is -1.01. The van der Waals surface area contributed by atoms with Gasteiger partial charge < -0.3 is 19.3 Å². The predicted molar refractivity (Wildman–Crippen MR) is 68.2 cm³/mol. The van der Waals surface area contributed by atoms with E-state index in [0.29, 0.717) is 11.3 Å². The number of phenols is 1. The van der Waals surface area contributed by atoms with Crippen molar-refractivity contribution in [3.63, 3.8) is 0 Å². The van der Waals surface area contributed by atoms with Crippen LogP contribution in [0.3, 0.4) is 0 Å². The van der Waals surface area contributed by atoms with Crippen LogP contribution in [0.25, 0.3) is 0 Å². The first kappa shape index (κ1) is 13.9. The zero-order valence-electron chi connectivity index (χ0n) is 11.3. The molecule has 0 bridgehead atoms. The highest BCUT2D eigenvalue weighted by molar-refractivity contribution is 6.06. The number of benzene rings is 1. The van der Waals surface area contributed by atoms with Crippen molar-refractivity contribution in [3.05, 3.63) is 35.6 Å². The van der Waals surface area contributed by atoms with Gasteiger partial charge in [-0.3, -0.25) is 4.79 Å². The Morgan fingerprint density at radius 2 is 2.00 bits per heavy atom. The first-order chi connectivity index (χ1) is 9.40. The number of methoxy groups -OCH3 is 2. The summed E-state index contributed by atoms with van der Waals surface area (Å²) in [6.45, 7) is 1.51. The summed E-state index contributed by atoms with van der Waals surface area (Å²) in [5, 5.41) is 9.65. The fraction of sp³-hybridized carbons (Fsp3) is 0.286. The van der Waals surface area contributed by atoms with Gasteiger partial charge in [0.05, 0.1) is 14.2 Å². The number of esters is 1. The van der Waals surface area contributed by atoms with Crippen LogP contribution in [0.4, 0.5) is 0 Å². The van der Waals surface area contributed by atoms with Gasteiger partial charge >= 0.3 is 5.97 Å². The van der Waals surface area contributed by atoms with Gasteiger partial charge in [0, 0.05) is 17.7 Å². The van der Waals surface area contributed by atoms with E-state index in [1.54, 1.807) is 6.07 Å². The van der Waals surface area contributed by atoms with E-state index in [-0.39, 0.29) is 11.5 Å². The maximum Gasteiger partial charge on any atom is 0.373 e. The second-order valence-electron chi connectivity index (χ2n) is 4.42. The number of aromatic hydroxyl groups is 1. The maximum absolute atomic E-state index is 12.1. The van der Waals surface area contributed by atoms with Crippen LogP contribution in [0.5, 0.6) is 11.5 Å². The smallest absolute Gasteiger partial charge is 0.373 e. The summed E-state index contributed by atoms with van der Waals surface area (Å²) in [4.78, 5) is 23.5. The van der Waals surface area contributed by atoms with Crippen molar-refractivity contribution in [3.8, 4) is 11.5 Å². The standard InChI is InChI=1S/C14H14O6/c1-14(8-4-9(15)6-10(5-8)18-2)12(16)7-11(20-14)13(17)19-3/h4-7,15H,1-3H3. The van der Waals surface area contributed by atoms with Crippen LogP contribution >= 0.6 is 0 Å². The number of carbonyl (C=O) groups is 2. The molecule has 6 heteroatoms. The number of hydrogen-bond donors (Lipinski definition) is 1. The van der Waals surface area contributed by atoms with Crippen LogP contribution in [0.1, 0.15) is 12.5 Å². The Labute approximate surface area is 115 Å². The van der Waals surface area contributed by atoms with Crippen LogP contribution < -0.4 is 4.74 Å². The number of rotatable bonds is 3. The van der Waals surface area contributed by atoms with Crippen molar-refractivity contribution in [1.29, 1.82) is 0 Å². The largest absolute Gasteiger partial charge is 0.508 e. The summed E-state index contributed by atoms with van der Waals surface area (Å²) in [6, 6.07) is 4.35. The first-order valence-corrected chi connectivity index (χ1v) is 5.82. The average Bonchev–Trinajstić information content (AvgIpc) is 2.74. The van der Waals surface area contributed by atoms with E-state index in [0.717, 1.165) is 6.08 Å². The topological polar surface area (TPSA) is 82.1 Å². The molecule has 0 saturated carbocycles. The minimum atomic E-state index is -1.39. The molecule has 1 aromatic carbocycles. The normalized spacial score (nSPS) is 21.1. The summed E-state index contributed by atoms with van der Waals surface area (Å²) < 4.78 is 15.0. The molecule has 0 fully saturated rings. The second-order valence-corrected chi connectivity index (χ2v) is 4.42. The minimum Gasteiger partial charge on any atom is -0.508 e. The van der Waals surface area contributed by atoms with Gasteiger partial charge in [-0.05, 0) is 19.1 Å². The molecular weight excluding hydrogens is 264 g/mol. The molecule has 0 aromatic heterocycles. The van der Waals surface area contributed by atoms with Gasteiger partial charge in [-0.15, -0.1) is 0 Å². The molecule has 0 saturated heterocycles. The van der Waals surface area contributed by atoms with Crippen molar-refractivity contribution < 1.29 is 28.9 Å². The highest BCUT2D eigenvalue weighted by atomic mass is 16.6. The zero-order valence-corrected chi connectivity index (χ0v) is 11.3. The molecule has 2 rings (SSSR count). The molecule has 0 aliphatic carbocycles. The fourth-order valence-corrected chi connectivity index (χ4v) is 1.94. The SMILES string of the molecule is COC(=O)C1=CC(=O)C(C)(c2cc(O)cc(OC)c2)O1. The summed E-state index contributed by atoms with van der Waals surface area (Å²) >= 11 is 0. The Morgan fingerprint density at radius 3 is 2.60 bits per heavy atom. The maximum atomic E-state index is 12.1. The molecule has 20 heavy (non-hydrogen) atoms. The molecule has 1 unspecified atom stereocenters. The lowest BCUT2D eigenvalue weighted by Crippen LogP contribution is -2.30. The third-order valence-electron chi connectivity index (χ3n) is 3.11. The Balaban J connectivity index is 2.41. The van der Waals surface area contributed by atoms with E-state index in [9.17, 15) is 14.7 Å². The van der Waals surface area contributed by atoms with Crippen LogP contribution in [0.2, 0.25) is 0 Å². The molecule has 0 amide bonds. The molecular formula is C14H14O6. The molecule has 0 radical (unpaired) electrons. The Kier molecular flexibility index (Phi) is 3.40. The van der Waals surface area contributed by atoms with Crippen LogP contribution in [0, 0.1) is 0 Å². The second kappa shape index (κ2) is 4.88. The van der Waals surface area contributed by atoms with Crippen molar-refractivity contribution in [2.24, 2.45) is 0 Å². The summed E-state index contributed by atoms with van der Waals surface area (Å²) in [7, 11) is 2.64. The molecule has 1 N–H and O–H groups in total. The number of ether oxygens (including phenoxy) is 3. The van der Waals surface area contributed by atoms with Gasteiger partial charge in [0.25, 0.3) is 0 Å². The van der Waals surface area contributed by atoms with Crippen molar-refractivity contribution in [2.45, 2.75) is 12.5 Å². The van der Waals surface area contributed by atoms with E-state index in [2.05, 4.69) is 4.74 Å². The van der Waals surface area contributed by atoms with Crippen molar-refractivity contribution >= 4 is 11.8 Å². The van der Waals surface area contributed by atoms with Crippen LogP contribution in [-0.4, -0.2) is 31.1 Å². The summed E-state index contributed by atoms with van der Waals surface area (Å²) in [6.07, 6.45) is 1.09. The van der Waals surface area contributed by atoms with Crippen LogP contribution in [0.15, 0.2) is 30.0 Å². The highest BCUT2D eigenvalue weighted by Gasteiger charge is 2.44. The number of hydrogen-bond acceptors (Lipinski definition) is 6. The van der Waals surface area contributed by atoms with Crippen LogP contribution in [-0.2, 0) is 24.7 Å². The van der Waals surface area contributed by atoms with Gasteiger partial charge in [-0.25, -0.2) is 4.79 Å². The molecule has 1 aromatic rings. The van der Waals surface area contributed by atoms with Gasteiger partial charge in [0.1, 0.15) is 11.5 Å². The lowest BCUT2D eigenvalue weighted by Gasteiger charge is -2.24. The first-order valence-electron chi connectivity index (χ1n) is 5.82. The molecule has 6 nitrogen and oxygen atoms in total. The minimum absolute atomic E-state index is 0.0662. The molecule has 1 atom stereocenters. The van der Waals surface area contributed by atoms with E-state index >= 15 is 0 Å². The lowest BCUT2D eigenvalue weighted by atomic mass is 9.92. The Morgan fingerprint density at radius 1 is 1.30 bits per heavy atom. The fourth-order valence-electron chi connectivity index (χ4n) is 1.94. The van der Waals surface area contributed by atoms with E-state index < -0.39 is 17.4 Å². The lowest BCUT2D eigenvalue weighted by molar-refractivity contribution is -0.144. The van der Waals surface area contributed by atoms with E-state index in [1.165, 1.54) is 33.3 Å². The van der Waals surface area contributed by atoms with E-state index in [4.69, 9.17) is 9.47 Å². The van der Waals surface area contributed by atoms with Gasteiger partial charge in [0.2, 0.25) is 11.5 Å². The molecule has 0 spiro atoms. The van der Waals surface area contributed by atoms with E-state index in [1.807, 2.05) is 0 Å². The van der Waals surface area contributed by atoms with Crippen molar-refractivity contribution in [1.82, 2.24) is 0 Å². The molecule has 1 aliphatic rings. The van der Waals surface area contributed by atoms with Gasteiger partial charge in [0.15, 0.2) is 5.60 Å². The number of phenolic OH excluding ortho intramolecular Hbond substituents is 1. The van der Waals surface area contributed by atoms with Gasteiger partial charge in [-0.2, -0.15) is 0 Å². The third-order valence-corrected chi connectivity index (χ3v) is 3.11. The van der Waals surface area contributed by atoms with Gasteiger partial charge in [-0.1, -0.05) is 0 Å². The predicted octanol–water partition coefficient (Wildman–Crippen LogP) is 1.27. The third kappa shape index (κ3) is 2.20. The molecule has 106 valence electrons. The average molecular weight is 278 g/mol. The van der Waals surface area contributed by atoms with Crippen molar-refractivity contribution in [2.75, 3.05) is 14.2 Å². The monoisotopic (exact) mass is 278 g/mol. The zero-order chi connectivity index (χ0) is 14.9. The number of ketones is 1. The molecule has 1 heterocycles. The quantitative estimate of drug-likeness (QED) is 0.838.